The van der Waals surface area contributed by atoms with E-state index >= 15 is 0 Å². The summed E-state index contributed by atoms with van der Waals surface area (Å²) in [5.41, 5.74) is 1.82. The van der Waals surface area contributed by atoms with Gasteiger partial charge in [0, 0.05) is 37.8 Å². The van der Waals surface area contributed by atoms with Gasteiger partial charge in [0.1, 0.15) is 0 Å². The number of piperidine rings is 1. The van der Waals surface area contributed by atoms with E-state index in [1.807, 2.05) is 6.92 Å². The maximum Gasteiger partial charge on any atom is 0.0794 e. The van der Waals surface area contributed by atoms with E-state index in [1.165, 1.54) is 5.56 Å². The van der Waals surface area contributed by atoms with Crippen LogP contribution in [0.2, 0.25) is 0 Å². The Hall–Kier alpha value is -0.620. The van der Waals surface area contributed by atoms with Crippen molar-refractivity contribution in [1.29, 1.82) is 0 Å². The van der Waals surface area contributed by atoms with Gasteiger partial charge in [0.05, 0.1) is 17.9 Å². The Balaban J connectivity index is 1.98. The third-order valence-corrected chi connectivity index (χ3v) is 4.47. The number of rotatable bonds is 6. The third kappa shape index (κ3) is 4.95. The van der Waals surface area contributed by atoms with Crippen LogP contribution in [0.1, 0.15) is 25.3 Å². The number of hydrogen-bond acceptors (Lipinski definition) is 4. The minimum absolute atomic E-state index is 0.585. The van der Waals surface area contributed by atoms with Gasteiger partial charge in [-0.3, -0.25) is 0 Å². The number of ether oxygens (including phenoxy) is 1. The lowest BCUT2D eigenvalue weighted by molar-refractivity contribution is 0.0449. The molecule has 0 radical (unpaired) electrons. The molecule has 1 aromatic rings. The van der Waals surface area contributed by atoms with Crippen LogP contribution >= 0.6 is 15.9 Å². The van der Waals surface area contributed by atoms with Crippen molar-refractivity contribution >= 4 is 21.6 Å². The van der Waals surface area contributed by atoms with Gasteiger partial charge in [0.2, 0.25) is 0 Å². The minimum atomic E-state index is -0.585. The van der Waals surface area contributed by atoms with E-state index in [9.17, 15) is 5.11 Å². The predicted octanol–water partition coefficient (Wildman–Crippen LogP) is 2.54. The van der Waals surface area contributed by atoms with Crippen molar-refractivity contribution in [2.45, 2.75) is 31.9 Å². The van der Waals surface area contributed by atoms with Crippen molar-refractivity contribution in [3.63, 3.8) is 0 Å². The Morgan fingerprint density at radius 3 is 2.95 bits per heavy atom. The van der Waals surface area contributed by atoms with Crippen LogP contribution < -0.4 is 10.2 Å². The van der Waals surface area contributed by atoms with Crippen LogP contribution in [0, 0.1) is 0 Å². The van der Waals surface area contributed by atoms with Crippen molar-refractivity contribution in [2.24, 2.45) is 0 Å². The first-order valence-corrected chi connectivity index (χ1v) is 8.26. The van der Waals surface area contributed by atoms with Crippen LogP contribution in [0.3, 0.4) is 0 Å². The monoisotopic (exact) mass is 356 g/mol. The molecule has 0 aliphatic carbocycles. The zero-order valence-corrected chi connectivity index (χ0v) is 14.4. The van der Waals surface area contributed by atoms with Crippen molar-refractivity contribution in [3.05, 3.63) is 28.2 Å². The highest BCUT2D eigenvalue weighted by Gasteiger charge is 2.29. The van der Waals surface area contributed by atoms with Gasteiger partial charge in [0.25, 0.3) is 0 Å². The third-order valence-electron chi connectivity index (χ3n) is 3.84. The summed E-state index contributed by atoms with van der Waals surface area (Å²) in [6.07, 6.45) is 1.91. The zero-order chi connectivity index (χ0) is 15.3. The van der Waals surface area contributed by atoms with E-state index in [4.69, 9.17) is 4.74 Å². The lowest BCUT2D eigenvalue weighted by atomic mass is 9.94. The highest BCUT2D eigenvalue weighted by atomic mass is 79.9. The fourth-order valence-corrected chi connectivity index (χ4v) is 3.43. The number of aliphatic hydroxyl groups is 1. The summed E-state index contributed by atoms with van der Waals surface area (Å²) in [5, 5.41) is 13.6. The topological polar surface area (TPSA) is 44.7 Å². The average Bonchev–Trinajstić information content (AvgIpc) is 2.42. The molecule has 1 fully saturated rings. The van der Waals surface area contributed by atoms with Gasteiger partial charge in [-0.15, -0.1) is 0 Å². The Kier molecular flexibility index (Phi) is 6.05. The maximum atomic E-state index is 10.2. The number of anilines is 1. The highest BCUT2D eigenvalue weighted by molar-refractivity contribution is 9.10. The summed E-state index contributed by atoms with van der Waals surface area (Å²) in [7, 11) is 1.71. The first kappa shape index (κ1) is 16.7. The summed E-state index contributed by atoms with van der Waals surface area (Å²) in [6, 6.07) is 6.43. The molecule has 0 bridgehead atoms. The first-order chi connectivity index (χ1) is 10.0. The normalized spacial score (nSPS) is 22.6. The van der Waals surface area contributed by atoms with E-state index in [0.717, 1.165) is 49.2 Å². The van der Waals surface area contributed by atoms with Crippen molar-refractivity contribution in [1.82, 2.24) is 5.32 Å². The molecular formula is C16H25BrN2O2. The first-order valence-electron chi connectivity index (χ1n) is 7.47. The van der Waals surface area contributed by atoms with E-state index in [-0.39, 0.29) is 0 Å². The van der Waals surface area contributed by atoms with Gasteiger partial charge >= 0.3 is 0 Å². The number of nitrogens with zero attached hydrogens (tertiary/aromatic N) is 1. The average molecular weight is 357 g/mol. The molecule has 1 aliphatic rings. The van der Waals surface area contributed by atoms with E-state index in [2.05, 4.69) is 44.3 Å². The molecule has 2 rings (SSSR count). The largest absolute Gasteiger partial charge is 0.388 e. The molecular weight excluding hydrogens is 332 g/mol. The van der Waals surface area contributed by atoms with Crippen LogP contribution in [0.5, 0.6) is 0 Å². The Morgan fingerprint density at radius 2 is 2.29 bits per heavy atom. The molecule has 0 saturated carbocycles. The zero-order valence-electron chi connectivity index (χ0n) is 12.9. The van der Waals surface area contributed by atoms with E-state index < -0.39 is 5.60 Å². The van der Waals surface area contributed by atoms with Gasteiger partial charge in [0.15, 0.2) is 0 Å². The van der Waals surface area contributed by atoms with Gasteiger partial charge < -0.3 is 20.1 Å². The molecule has 5 heteroatoms. The van der Waals surface area contributed by atoms with E-state index in [0.29, 0.717) is 6.54 Å². The lowest BCUT2D eigenvalue weighted by Gasteiger charge is -2.38. The summed E-state index contributed by atoms with van der Waals surface area (Å²) in [4.78, 5) is 2.26. The van der Waals surface area contributed by atoms with Crippen LogP contribution in [-0.2, 0) is 11.3 Å². The number of benzene rings is 1. The number of halogens is 1. The van der Waals surface area contributed by atoms with Gasteiger partial charge in [-0.05, 0) is 53.4 Å². The fraction of sp³-hybridized carbons (Fsp3) is 0.625. The van der Waals surface area contributed by atoms with Crippen LogP contribution in [0.4, 0.5) is 5.69 Å². The summed E-state index contributed by atoms with van der Waals surface area (Å²) >= 11 is 3.67. The molecule has 1 aromatic carbocycles. The van der Waals surface area contributed by atoms with Crippen molar-refractivity contribution in [3.8, 4) is 0 Å². The lowest BCUT2D eigenvalue weighted by Crippen LogP contribution is -2.46. The smallest absolute Gasteiger partial charge is 0.0794 e. The molecule has 1 saturated heterocycles. The summed E-state index contributed by atoms with van der Waals surface area (Å²) in [6.45, 7) is 6.02. The molecule has 4 nitrogen and oxygen atoms in total. The Bertz CT molecular complexity index is 466. The standard InChI is InChI=1S/C16H25BrN2O2/c1-16(20)6-3-8-19(12-16)15-5-4-13(10-14(15)17)11-18-7-9-21-2/h4-5,10,18,20H,3,6-9,11-12H2,1-2H3. The molecule has 0 spiro atoms. The number of methoxy groups -OCH3 is 1. The minimum Gasteiger partial charge on any atom is -0.388 e. The van der Waals surface area contributed by atoms with Crippen molar-refractivity contribution in [2.75, 3.05) is 38.3 Å². The molecule has 118 valence electrons. The summed E-state index contributed by atoms with van der Waals surface area (Å²) < 4.78 is 6.11. The van der Waals surface area contributed by atoms with Gasteiger partial charge in [-0.1, -0.05) is 6.07 Å². The molecule has 2 N–H and O–H groups in total. The predicted molar refractivity (Wildman–Crippen MR) is 89.8 cm³/mol. The van der Waals surface area contributed by atoms with E-state index in [1.54, 1.807) is 7.11 Å². The van der Waals surface area contributed by atoms with Crippen LogP contribution in [0.25, 0.3) is 0 Å². The number of hydrogen-bond donors (Lipinski definition) is 2. The number of β-amino-alcohol motifs (C(OH)–C–C–N with tert-alkyl or cyclic N) is 1. The second-order valence-electron chi connectivity index (χ2n) is 5.98. The molecule has 1 aliphatic heterocycles. The molecule has 1 unspecified atom stereocenters. The Labute approximate surface area is 135 Å². The van der Waals surface area contributed by atoms with Gasteiger partial charge in [-0.25, -0.2) is 0 Å². The molecule has 0 amide bonds. The van der Waals surface area contributed by atoms with Gasteiger partial charge in [-0.2, -0.15) is 0 Å². The SMILES string of the molecule is COCCNCc1ccc(N2CCCC(C)(O)C2)c(Br)c1. The number of nitrogens with one attached hydrogen (secondary N) is 1. The summed E-state index contributed by atoms with van der Waals surface area (Å²) in [5.74, 6) is 0. The fourth-order valence-electron chi connectivity index (χ4n) is 2.75. The molecule has 1 atom stereocenters. The molecule has 21 heavy (non-hydrogen) atoms. The highest BCUT2D eigenvalue weighted by Crippen LogP contribution is 2.32. The molecule has 0 aromatic heterocycles. The van der Waals surface area contributed by atoms with Crippen LogP contribution in [-0.4, -0.2) is 44.1 Å². The quantitative estimate of drug-likeness (QED) is 0.768. The maximum absolute atomic E-state index is 10.2. The molecule has 1 heterocycles. The van der Waals surface area contributed by atoms with Crippen molar-refractivity contribution < 1.29 is 9.84 Å². The Morgan fingerprint density at radius 1 is 1.48 bits per heavy atom. The second kappa shape index (κ2) is 7.58. The van der Waals surface area contributed by atoms with Crippen LogP contribution in [0.15, 0.2) is 22.7 Å². The second-order valence-corrected chi connectivity index (χ2v) is 6.83.